The van der Waals surface area contributed by atoms with E-state index >= 15 is 0 Å². The van der Waals surface area contributed by atoms with Crippen LogP contribution in [0.25, 0.3) is 0 Å². The number of hydrogen-bond acceptors (Lipinski definition) is 4. The number of aromatic nitrogens is 3. The molecule has 0 fully saturated rings. The van der Waals surface area contributed by atoms with Crippen LogP contribution in [-0.2, 0) is 6.54 Å². The maximum Gasteiger partial charge on any atom is 0.257 e. The zero-order valence-corrected chi connectivity index (χ0v) is 9.72. The van der Waals surface area contributed by atoms with Gasteiger partial charge in [0.05, 0.1) is 18.0 Å². The number of hydrogen-bond donors (Lipinski definition) is 2. The van der Waals surface area contributed by atoms with Crippen molar-refractivity contribution >= 4 is 11.7 Å². The Morgan fingerprint density at radius 3 is 3.00 bits per heavy atom. The molecule has 2 aromatic heterocycles. The number of nitrogen functional groups attached to an aromatic ring is 1. The molecule has 0 aliphatic heterocycles. The molecule has 0 saturated carbocycles. The minimum absolute atomic E-state index is 0.0143. The van der Waals surface area contributed by atoms with E-state index in [0.717, 1.165) is 17.8 Å². The van der Waals surface area contributed by atoms with Gasteiger partial charge >= 0.3 is 0 Å². The van der Waals surface area contributed by atoms with Crippen LogP contribution in [0.4, 0.5) is 10.2 Å². The average molecular weight is 249 g/mol. The Morgan fingerprint density at radius 1 is 1.56 bits per heavy atom. The molecule has 2 rings (SSSR count). The van der Waals surface area contributed by atoms with Crippen LogP contribution >= 0.6 is 0 Å². The molecule has 6 nitrogen and oxygen atoms in total. The highest BCUT2D eigenvalue weighted by Gasteiger charge is 2.17. The van der Waals surface area contributed by atoms with Crippen molar-refractivity contribution in [2.45, 2.75) is 6.54 Å². The van der Waals surface area contributed by atoms with E-state index in [2.05, 4.69) is 15.2 Å². The number of rotatable bonds is 3. The lowest BCUT2D eigenvalue weighted by atomic mass is 10.2. The summed E-state index contributed by atoms with van der Waals surface area (Å²) in [6, 6.07) is 1.08. The van der Waals surface area contributed by atoms with Gasteiger partial charge in [-0.3, -0.25) is 9.89 Å². The van der Waals surface area contributed by atoms with Crippen molar-refractivity contribution in [3.05, 3.63) is 41.6 Å². The van der Waals surface area contributed by atoms with E-state index in [1.54, 1.807) is 19.4 Å². The van der Waals surface area contributed by atoms with Gasteiger partial charge in [-0.2, -0.15) is 5.10 Å². The number of nitrogens with zero attached hydrogens (tertiary/aromatic N) is 3. The summed E-state index contributed by atoms with van der Waals surface area (Å²) >= 11 is 0. The molecular weight excluding hydrogens is 237 g/mol. The van der Waals surface area contributed by atoms with E-state index in [1.807, 2.05) is 0 Å². The fourth-order valence-electron chi connectivity index (χ4n) is 1.54. The van der Waals surface area contributed by atoms with Crippen LogP contribution in [0.1, 0.15) is 15.9 Å². The lowest BCUT2D eigenvalue weighted by Gasteiger charge is -2.16. The summed E-state index contributed by atoms with van der Waals surface area (Å²) < 4.78 is 13.0. The predicted molar refractivity (Wildman–Crippen MR) is 63.0 cm³/mol. The number of anilines is 1. The van der Waals surface area contributed by atoms with Crippen molar-refractivity contribution in [1.82, 2.24) is 20.1 Å². The van der Waals surface area contributed by atoms with Gasteiger partial charge in [0, 0.05) is 25.4 Å². The quantitative estimate of drug-likeness (QED) is 0.842. The zero-order valence-electron chi connectivity index (χ0n) is 9.72. The Bertz CT molecular complexity index is 555. The molecule has 1 amide bonds. The van der Waals surface area contributed by atoms with Crippen LogP contribution in [0.15, 0.2) is 24.7 Å². The first-order valence-corrected chi connectivity index (χ1v) is 5.22. The van der Waals surface area contributed by atoms with Crippen molar-refractivity contribution in [2.24, 2.45) is 0 Å². The van der Waals surface area contributed by atoms with Crippen molar-refractivity contribution in [1.29, 1.82) is 0 Å². The van der Waals surface area contributed by atoms with E-state index in [1.165, 1.54) is 4.90 Å². The molecule has 0 unspecified atom stereocenters. The third kappa shape index (κ3) is 2.45. The second-order valence-electron chi connectivity index (χ2n) is 3.85. The first-order valence-electron chi connectivity index (χ1n) is 5.22. The molecule has 7 heteroatoms. The largest absolute Gasteiger partial charge is 0.383 e. The zero-order chi connectivity index (χ0) is 13.1. The second kappa shape index (κ2) is 4.82. The van der Waals surface area contributed by atoms with Gasteiger partial charge in [0.2, 0.25) is 0 Å². The molecule has 0 aliphatic rings. The van der Waals surface area contributed by atoms with Crippen molar-refractivity contribution in [3.8, 4) is 0 Å². The molecule has 0 atom stereocenters. The van der Waals surface area contributed by atoms with E-state index in [4.69, 9.17) is 5.73 Å². The lowest BCUT2D eigenvalue weighted by Crippen LogP contribution is -2.27. The Labute approximate surface area is 103 Å². The van der Waals surface area contributed by atoms with Crippen LogP contribution in [0.5, 0.6) is 0 Å². The molecule has 2 aromatic rings. The number of halogens is 1. The molecule has 0 aromatic carbocycles. The monoisotopic (exact) mass is 249 g/mol. The normalized spacial score (nSPS) is 10.3. The van der Waals surface area contributed by atoms with E-state index in [-0.39, 0.29) is 17.3 Å². The average Bonchev–Trinajstić information content (AvgIpc) is 2.84. The first-order chi connectivity index (χ1) is 8.58. The topological polar surface area (TPSA) is 87.9 Å². The summed E-state index contributed by atoms with van der Waals surface area (Å²) in [6.07, 6.45) is 4.26. The molecular formula is C11H12FN5O. The third-order valence-electron chi connectivity index (χ3n) is 2.44. The number of pyridine rings is 1. The van der Waals surface area contributed by atoms with Crippen LogP contribution in [0, 0.1) is 5.82 Å². The van der Waals surface area contributed by atoms with E-state index in [0.29, 0.717) is 6.54 Å². The Morgan fingerprint density at radius 2 is 2.33 bits per heavy atom. The standard InChI is InChI=1S/C11H12FN5O/c1-17(6-7-3-15-16-4-7)11(18)9-2-8(12)5-14-10(9)13/h2-5H,6H2,1H3,(H2,13,14)(H,15,16). The first kappa shape index (κ1) is 12.0. The molecule has 18 heavy (non-hydrogen) atoms. The number of amides is 1. The van der Waals surface area contributed by atoms with Crippen molar-refractivity contribution in [2.75, 3.05) is 12.8 Å². The number of H-pyrrole nitrogens is 1. The van der Waals surface area contributed by atoms with Gasteiger partial charge in [-0.15, -0.1) is 0 Å². The van der Waals surface area contributed by atoms with E-state index in [9.17, 15) is 9.18 Å². The number of nitrogens with two attached hydrogens (primary N) is 1. The molecule has 0 radical (unpaired) electrons. The van der Waals surface area contributed by atoms with Gasteiger partial charge in [0.25, 0.3) is 5.91 Å². The summed E-state index contributed by atoms with van der Waals surface area (Å²) in [5, 5.41) is 6.43. The van der Waals surface area contributed by atoms with Crippen LogP contribution < -0.4 is 5.73 Å². The summed E-state index contributed by atoms with van der Waals surface area (Å²) in [6.45, 7) is 0.352. The van der Waals surface area contributed by atoms with Crippen molar-refractivity contribution in [3.63, 3.8) is 0 Å². The van der Waals surface area contributed by atoms with E-state index < -0.39 is 5.82 Å². The maximum absolute atomic E-state index is 13.0. The second-order valence-corrected chi connectivity index (χ2v) is 3.85. The molecule has 94 valence electrons. The Kier molecular flexibility index (Phi) is 3.22. The third-order valence-corrected chi connectivity index (χ3v) is 2.44. The highest BCUT2D eigenvalue weighted by Crippen LogP contribution is 2.13. The van der Waals surface area contributed by atoms with Crippen molar-refractivity contribution < 1.29 is 9.18 Å². The van der Waals surface area contributed by atoms with Gasteiger partial charge < -0.3 is 10.6 Å². The number of aromatic amines is 1. The summed E-state index contributed by atoms with van der Waals surface area (Å²) in [7, 11) is 1.60. The lowest BCUT2D eigenvalue weighted by molar-refractivity contribution is 0.0785. The smallest absolute Gasteiger partial charge is 0.257 e. The predicted octanol–water partition coefficient (Wildman–Crippen LogP) is 0.798. The molecule has 0 saturated heterocycles. The Hall–Kier alpha value is -2.44. The fourth-order valence-corrected chi connectivity index (χ4v) is 1.54. The van der Waals surface area contributed by atoms with Crippen LogP contribution in [0.3, 0.4) is 0 Å². The van der Waals surface area contributed by atoms with Crippen LogP contribution in [0.2, 0.25) is 0 Å². The SMILES string of the molecule is CN(Cc1cn[nH]c1)C(=O)c1cc(F)cnc1N. The van der Waals surface area contributed by atoms with Gasteiger partial charge in [-0.05, 0) is 6.07 Å². The highest BCUT2D eigenvalue weighted by atomic mass is 19.1. The number of carbonyl (C=O) groups is 1. The van der Waals surface area contributed by atoms with Gasteiger partial charge in [-0.25, -0.2) is 9.37 Å². The molecule has 0 spiro atoms. The summed E-state index contributed by atoms with van der Waals surface area (Å²) in [5.74, 6) is -0.967. The number of nitrogens with one attached hydrogen (secondary N) is 1. The summed E-state index contributed by atoms with van der Waals surface area (Å²) in [5.41, 5.74) is 6.46. The summed E-state index contributed by atoms with van der Waals surface area (Å²) in [4.78, 5) is 17.1. The van der Waals surface area contributed by atoms with Gasteiger partial charge in [-0.1, -0.05) is 0 Å². The molecule has 2 heterocycles. The fraction of sp³-hybridized carbons (Fsp3) is 0.182. The molecule has 0 aliphatic carbocycles. The van der Waals surface area contributed by atoms with Crippen LogP contribution in [-0.4, -0.2) is 33.0 Å². The minimum Gasteiger partial charge on any atom is -0.383 e. The maximum atomic E-state index is 13.0. The van der Waals surface area contributed by atoms with Gasteiger partial charge in [0.1, 0.15) is 11.6 Å². The minimum atomic E-state index is -0.593. The number of carbonyl (C=O) groups excluding carboxylic acids is 1. The Balaban J connectivity index is 2.17. The van der Waals surface area contributed by atoms with Gasteiger partial charge in [0.15, 0.2) is 0 Å². The molecule has 3 N–H and O–H groups in total. The highest BCUT2D eigenvalue weighted by molar-refractivity contribution is 5.98. The molecule has 0 bridgehead atoms.